The minimum atomic E-state index is -0.0247. The monoisotopic (exact) mass is 264 g/mol. The van der Waals surface area contributed by atoms with E-state index in [1.54, 1.807) is 6.20 Å². The molecule has 0 radical (unpaired) electrons. The summed E-state index contributed by atoms with van der Waals surface area (Å²) < 4.78 is 5.72. The lowest BCUT2D eigenvalue weighted by atomic mass is 9.88. The van der Waals surface area contributed by atoms with Crippen LogP contribution in [0.25, 0.3) is 0 Å². The number of aromatic nitrogens is 1. The predicted molar refractivity (Wildman–Crippen MR) is 78.3 cm³/mol. The molecule has 0 aliphatic carbocycles. The molecule has 1 aromatic rings. The highest BCUT2D eigenvalue weighted by Gasteiger charge is 2.15. The summed E-state index contributed by atoms with van der Waals surface area (Å²) in [7, 11) is 0. The van der Waals surface area contributed by atoms with Crippen LogP contribution in [0.3, 0.4) is 0 Å². The second kappa shape index (κ2) is 6.41. The van der Waals surface area contributed by atoms with E-state index in [4.69, 9.17) is 16.2 Å². The number of ether oxygens (including phenoxy) is 1. The summed E-state index contributed by atoms with van der Waals surface area (Å²) in [4.78, 5) is 8.31. The molecule has 0 spiro atoms. The van der Waals surface area contributed by atoms with Crippen molar-refractivity contribution in [2.45, 2.75) is 45.6 Å². The van der Waals surface area contributed by atoms with Gasteiger partial charge < -0.3 is 16.2 Å². The Kier molecular flexibility index (Phi) is 5.15. The Morgan fingerprint density at radius 2 is 2.05 bits per heavy atom. The summed E-state index contributed by atoms with van der Waals surface area (Å²) in [5.41, 5.74) is 11.9. The molecule has 4 N–H and O–H groups in total. The van der Waals surface area contributed by atoms with Gasteiger partial charge in [-0.05, 0) is 23.5 Å². The van der Waals surface area contributed by atoms with Crippen LogP contribution in [0.2, 0.25) is 0 Å². The molecular formula is C14H24N4O. The Bertz CT molecular complexity index is 433. The van der Waals surface area contributed by atoms with Crippen LogP contribution in [-0.2, 0) is 5.41 Å². The number of nitrogens with two attached hydrogens (primary N) is 2. The van der Waals surface area contributed by atoms with Crippen molar-refractivity contribution in [2.24, 2.45) is 16.5 Å². The fraction of sp³-hybridized carbons (Fsp3) is 0.571. The lowest BCUT2D eigenvalue weighted by Crippen LogP contribution is -2.27. The molecule has 1 atom stereocenters. The van der Waals surface area contributed by atoms with E-state index in [0.29, 0.717) is 6.61 Å². The summed E-state index contributed by atoms with van der Waals surface area (Å²) in [6.45, 7) is 8.89. The Hall–Kier alpha value is -1.78. The molecule has 0 aliphatic heterocycles. The Morgan fingerprint density at radius 3 is 2.58 bits per heavy atom. The second-order valence-corrected chi connectivity index (χ2v) is 5.59. The SMILES string of the molecule is CC[C@H](COc1cncc(C(C)(C)C)c1)N=C(N)N. The van der Waals surface area contributed by atoms with Crippen molar-refractivity contribution < 1.29 is 4.74 Å². The molecule has 0 saturated carbocycles. The molecule has 0 fully saturated rings. The normalized spacial score (nSPS) is 12.8. The van der Waals surface area contributed by atoms with Gasteiger partial charge in [0, 0.05) is 6.20 Å². The van der Waals surface area contributed by atoms with Gasteiger partial charge in [-0.15, -0.1) is 0 Å². The van der Waals surface area contributed by atoms with Gasteiger partial charge in [0.1, 0.15) is 12.4 Å². The van der Waals surface area contributed by atoms with Crippen LogP contribution < -0.4 is 16.2 Å². The van der Waals surface area contributed by atoms with E-state index >= 15 is 0 Å². The summed E-state index contributed by atoms with van der Waals surface area (Å²) >= 11 is 0. The van der Waals surface area contributed by atoms with Crippen molar-refractivity contribution in [3.63, 3.8) is 0 Å². The third-order valence-electron chi connectivity index (χ3n) is 2.82. The average Bonchev–Trinajstić information content (AvgIpc) is 2.33. The van der Waals surface area contributed by atoms with Crippen LogP contribution in [-0.4, -0.2) is 23.6 Å². The molecule has 106 valence electrons. The fourth-order valence-electron chi connectivity index (χ4n) is 1.56. The van der Waals surface area contributed by atoms with E-state index in [0.717, 1.165) is 17.7 Å². The number of hydrogen-bond acceptors (Lipinski definition) is 3. The Balaban J connectivity index is 2.70. The third kappa shape index (κ3) is 5.16. The molecule has 5 heteroatoms. The van der Waals surface area contributed by atoms with Crippen molar-refractivity contribution >= 4 is 5.96 Å². The molecular weight excluding hydrogens is 240 g/mol. The van der Waals surface area contributed by atoms with Crippen LogP contribution >= 0.6 is 0 Å². The highest BCUT2D eigenvalue weighted by Crippen LogP contribution is 2.24. The van der Waals surface area contributed by atoms with Gasteiger partial charge in [0.05, 0.1) is 12.2 Å². The maximum Gasteiger partial charge on any atom is 0.186 e. The van der Waals surface area contributed by atoms with E-state index in [9.17, 15) is 0 Å². The topological polar surface area (TPSA) is 86.5 Å². The predicted octanol–water partition coefficient (Wildman–Crippen LogP) is 1.81. The van der Waals surface area contributed by atoms with Crippen LogP contribution in [0.5, 0.6) is 5.75 Å². The molecule has 0 amide bonds. The molecule has 19 heavy (non-hydrogen) atoms. The maximum atomic E-state index is 5.72. The van der Waals surface area contributed by atoms with E-state index in [1.807, 2.05) is 19.2 Å². The third-order valence-corrected chi connectivity index (χ3v) is 2.82. The van der Waals surface area contributed by atoms with Gasteiger partial charge in [0.15, 0.2) is 5.96 Å². The van der Waals surface area contributed by atoms with Gasteiger partial charge >= 0.3 is 0 Å². The van der Waals surface area contributed by atoms with Crippen LogP contribution in [0.4, 0.5) is 0 Å². The van der Waals surface area contributed by atoms with Gasteiger partial charge in [-0.3, -0.25) is 4.98 Å². The highest BCUT2D eigenvalue weighted by atomic mass is 16.5. The smallest absolute Gasteiger partial charge is 0.186 e. The largest absolute Gasteiger partial charge is 0.490 e. The second-order valence-electron chi connectivity index (χ2n) is 5.59. The summed E-state index contributed by atoms with van der Waals surface area (Å²) in [6, 6.07) is 1.98. The maximum absolute atomic E-state index is 5.72. The zero-order chi connectivity index (χ0) is 14.5. The Labute approximate surface area is 115 Å². The molecule has 0 aliphatic rings. The number of pyridine rings is 1. The lowest BCUT2D eigenvalue weighted by molar-refractivity contribution is 0.284. The molecule has 1 aromatic heterocycles. The molecule has 0 saturated heterocycles. The molecule has 0 bridgehead atoms. The minimum Gasteiger partial charge on any atom is -0.490 e. The summed E-state index contributed by atoms with van der Waals surface area (Å²) in [5.74, 6) is 0.841. The van der Waals surface area contributed by atoms with Gasteiger partial charge in [-0.2, -0.15) is 0 Å². The first-order chi connectivity index (χ1) is 8.82. The first-order valence-corrected chi connectivity index (χ1v) is 6.50. The van der Waals surface area contributed by atoms with Crippen molar-refractivity contribution in [3.05, 3.63) is 24.0 Å². The Morgan fingerprint density at radius 1 is 1.37 bits per heavy atom. The van der Waals surface area contributed by atoms with Gasteiger partial charge in [0.25, 0.3) is 0 Å². The number of rotatable bonds is 5. The standard InChI is InChI=1S/C14H24N4O/c1-5-11(18-13(15)16)9-19-12-6-10(7-17-8-12)14(2,3)4/h6-8,11H,5,9H2,1-4H3,(H4,15,16,18)/t11-/m1/s1. The van der Waals surface area contributed by atoms with E-state index in [2.05, 4.69) is 30.7 Å². The van der Waals surface area contributed by atoms with Crippen molar-refractivity contribution in [2.75, 3.05) is 6.61 Å². The van der Waals surface area contributed by atoms with Crippen LogP contribution in [0.1, 0.15) is 39.7 Å². The molecule has 0 unspecified atom stereocenters. The van der Waals surface area contributed by atoms with E-state index in [-0.39, 0.29) is 17.4 Å². The van der Waals surface area contributed by atoms with Crippen molar-refractivity contribution in [3.8, 4) is 5.75 Å². The van der Waals surface area contributed by atoms with Gasteiger partial charge in [0.2, 0.25) is 0 Å². The van der Waals surface area contributed by atoms with Crippen LogP contribution in [0, 0.1) is 0 Å². The zero-order valence-corrected chi connectivity index (χ0v) is 12.2. The van der Waals surface area contributed by atoms with E-state index < -0.39 is 0 Å². The number of hydrogen-bond donors (Lipinski definition) is 2. The van der Waals surface area contributed by atoms with Crippen molar-refractivity contribution in [1.82, 2.24) is 4.98 Å². The fourth-order valence-corrected chi connectivity index (χ4v) is 1.56. The zero-order valence-electron chi connectivity index (χ0n) is 12.2. The molecule has 1 rings (SSSR count). The molecule has 0 aromatic carbocycles. The summed E-state index contributed by atoms with van der Waals surface area (Å²) in [5, 5.41) is 0. The van der Waals surface area contributed by atoms with Gasteiger partial charge in [-0.1, -0.05) is 27.7 Å². The highest BCUT2D eigenvalue weighted by molar-refractivity contribution is 5.75. The molecule has 5 nitrogen and oxygen atoms in total. The van der Waals surface area contributed by atoms with Crippen LogP contribution in [0.15, 0.2) is 23.5 Å². The first-order valence-electron chi connectivity index (χ1n) is 6.50. The average molecular weight is 264 g/mol. The first kappa shape index (κ1) is 15.3. The number of nitrogens with zero attached hydrogens (tertiary/aromatic N) is 2. The summed E-state index contributed by atoms with van der Waals surface area (Å²) in [6.07, 6.45) is 4.39. The quantitative estimate of drug-likeness (QED) is 0.627. The van der Waals surface area contributed by atoms with Crippen molar-refractivity contribution in [1.29, 1.82) is 0 Å². The number of guanidine groups is 1. The lowest BCUT2D eigenvalue weighted by Gasteiger charge is -2.19. The minimum absolute atomic E-state index is 0.0247. The molecule has 1 heterocycles. The van der Waals surface area contributed by atoms with Gasteiger partial charge in [-0.25, -0.2) is 4.99 Å². The number of aliphatic imine (C=N–C) groups is 1. The van der Waals surface area contributed by atoms with E-state index in [1.165, 1.54) is 0 Å².